The van der Waals surface area contributed by atoms with Crippen LogP contribution >= 0.6 is 0 Å². The number of amides is 2. The van der Waals surface area contributed by atoms with E-state index in [1.54, 1.807) is 24.3 Å². The van der Waals surface area contributed by atoms with E-state index >= 15 is 0 Å². The van der Waals surface area contributed by atoms with Crippen molar-refractivity contribution >= 4 is 23.2 Å². The standard InChI is InChI=1S/C16H24N4O3/c1-3-4-13-9-14(20-19-13)16(22)18-12-7-5-11(6-8-12)17-15(21)10-23-2/h5-8,13-14,19-20H,3-4,9-10H2,1-2H3,(H,17,21)(H,18,22). The Kier molecular flexibility index (Phi) is 6.52. The van der Waals surface area contributed by atoms with E-state index in [1.165, 1.54) is 7.11 Å². The van der Waals surface area contributed by atoms with E-state index in [0.717, 1.165) is 19.3 Å². The lowest BCUT2D eigenvalue weighted by atomic mass is 10.1. The Balaban J connectivity index is 1.83. The summed E-state index contributed by atoms with van der Waals surface area (Å²) in [7, 11) is 1.47. The number of nitrogens with one attached hydrogen (secondary N) is 4. The highest BCUT2D eigenvalue weighted by molar-refractivity contribution is 5.96. The van der Waals surface area contributed by atoms with Crippen molar-refractivity contribution in [3.05, 3.63) is 24.3 Å². The minimum Gasteiger partial charge on any atom is -0.375 e. The SMILES string of the molecule is CCCC1CC(C(=O)Nc2ccc(NC(=O)COC)cc2)NN1. The van der Waals surface area contributed by atoms with Gasteiger partial charge in [-0.2, -0.15) is 0 Å². The number of rotatable bonds is 7. The zero-order valence-electron chi connectivity index (χ0n) is 13.5. The molecule has 0 aromatic heterocycles. The lowest BCUT2D eigenvalue weighted by Crippen LogP contribution is -2.40. The molecule has 0 radical (unpaired) electrons. The third kappa shape index (κ3) is 5.31. The van der Waals surface area contributed by atoms with E-state index in [2.05, 4.69) is 28.4 Å². The van der Waals surface area contributed by atoms with Gasteiger partial charge in [0.25, 0.3) is 0 Å². The molecule has 0 saturated carbocycles. The van der Waals surface area contributed by atoms with Gasteiger partial charge in [-0.25, -0.2) is 5.43 Å². The van der Waals surface area contributed by atoms with Crippen LogP contribution in [-0.4, -0.2) is 37.6 Å². The van der Waals surface area contributed by atoms with Crippen molar-refractivity contribution < 1.29 is 14.3 Å². The maximum Gasteiger partial charge on any atom is 0.250 e. The van der Waals surface area contributed by atoms with Crippen molar-refractivity contribution in [1.29, 1.82) is 0 Å². The third-order valence-corrected chi connectivity index (χ3v) is 3.65. The van der Waals surface area contributed by atoms with Gasteiger partial charge in [-0.3, -0.25) is 15.0 Å². The first-order chi connectivity index (χ1) is 11.1. The maximum absolute atomic E-state index is 12.2. The van der Waals surface area contributed by atoms with Gasteiger partial charge in [0.15, 0.2) is 0 Å². The molecule has 1 fully saturated rings. The molecule has 0 aliphatic carbocycles. The molecule has 1 aromatic carbocycles. The van der Waals surface area contributed by atoms with E-state index in [-0.39, 0.29) is 24.5 Å². The average molecular weight is 320 g/mol. The second-order valence-corrected chi connectivity index (χ2v) is 5.61. The predicted molar refractivity (Wildman–Crippen MR) is 88.9 cm³/mol. The number of methoxy groups -OCH3 is 1. The molecule has 1 aliphatic heterocycles. The first-order valence-electron chi connectivity index (χ1n) is 7.83. The minimum atomic E-state index is -0.229. The maximum atomic E-state index is 12.2. The van der Waals surface area contributed by atoms with E-state index in [1.807, 2.05) is 0 Å². The second-order valence-electron chi connectivity index (χ2n) is 5.61. The van der Waals surface area contributed by atoms with Gasteiger partial charge in [-0.1, -0.05) is 13.3 Å². The molecule has 1 aliphatic rings. The zero-order chi connectivity index (χ0) is 16.7. The Morgan fingerprint density at radius 2 is 1.83 bits per heavy atom. The summed E-state index contributed by atoms with van der Waals surface area (Å²) < 4.78 is 4.75. The van der Waals surface area contributed by atoms with Crippen molar-refractivity contribution in [3.63, 3.8) is 0 Å². The van der Waals surface area contributed by atoms with Gasteiger partial charge >= 0.3 is 0 Å². The number of carbonyl (C=O) groups excluding carboxylic acids is 2. The van der Waals surface area contributed by atoms with Crippen LogP contribution < -0.4 is 21.5 Å². The van der Waals surface area contributed by atoms with Crippen LogP contribution in [0.4, 0.5) is 11.4 Å². The monoisotopic (exact) mass is 320 g/mol. The Hall–Kier alpha value is -1.96. The molecule has 0 spiro atoms. The fourth-order valence-electron chi connectivity index (χ4n) is 2.53. The van der Waals surface area contributed by atoms with Crippen LogP contribution in [0.15, 0.2) is 24.3 Å². The normalized spacial score (nSPS) is 20.3. The van der Waals surface area contributed by atoms with E-state index < -0.39 is 0 Å². The van der Waals surface area contributed by atoms with E-state index in [4.69, 9.17) is 4.74 Å². The van der Waals surface area contributed by atoms with Crippen molar-refractivity contribution in [2.24, 2.45) is 0 Å². The molecule has 0 bridgehead atoms. The van der Waals surface area contributed by atoms with Crippen molar-refractivity contribution in [2.45, 2.75) is 38.3 Å². The number of ether oxygens (including phenoxy) is 1. The predicted octanol–water partition coefficient (Wildman–Crippen LogP) is 1.25. The molecule has 7 heteroatoms. The molecule has 2 amide bonds. The van der Waals surface area contributed by atoms with Crippen molar-refractivity contribution in [2.75, 3.05) is 24.4 Å². The smallest absolute Gasteiger partial charge is 0.250 e. The summed E-state index contributed by atoms with van der Waals surface area (Å²) >= 11 is 0. The van der Waals surface area contributed by atoms with Gasteiger partial charge in [0.05, 0.1) is 0 Å². The minimum absolute atomic E-state index is 0.0117. The van der Waals surface area contributed by atoms with Crippen molar-refractivity contribution in [1.82, 2.24) is 10.9 Å². The van der Waals surface area contributed by atoms with E-state index in [0.29, 0.717) is 17.4 Å². The number of anilines is 2. The Labute approximate surface area is 136 Å². The van der Waals surface area contributed by atoms with Crippen molar-refractivity contribution in [3.8, 4) is 0 Å². The average Bonchev–Trinajstić information content (AvgIpc) is 2.99. The highest BCUT2D eigenvalue weighted by Crippen LogP contribution is 2.16. The molecule has 4 N–H and O–H groups in total. The van der Waals surface area contributed by atoms with Crippen LogP contribution in [0.1, 0.15) is 26.2 Å². The first kappa shape index (κ1) is 17.4. The Morgan fingerprint density at radius 3 is 2.43 bits per heavy atom. The Morgan fingerprint density at radius 1 is 1.17 bits per heavy atom. The topological polar surface area (TPSA) is 91.5 Å². The highest BCUT2D eigenvalue weighted by Gasteiger charge is 2.28. The third-order valence-electron chi connectivity index (χ3n) is 3.65. The first-order valence-corrected chi connectivity index (χ1v) is 7.83. The molecule has 1 aromatic rings. The molecule has 126 valence electrons. The van der Waals surface area contributed by atoms with Crippen LogP contribution in [0.2, 0.25) is 0 Å². The van der Waals surface area contributed by atoms with Gasteiger partial charge in [-0.05, 0) is 37.1 Å². The second kappa shape index (κ2) is 8.61. The molecular weight excluding hydrogens is 296 g/mol. The summed E-state index contributed by atoms with van der Waals surface area (Å²) in [6.07, 6.45) is 2.92. The molecule has 1 saturated heterocycles. The Bertz CT molecular complexity index is 533. The largest absolute Gasteiger partial charge is 0.375 e. The number of hydrogen-bond donors (Lipinski definition) is 4. The highest BCUT2D eigenvalue weighted by atomic mass is 16.5. The zero-order valence-corrected chi connectivity index (χ0v) is 13.5. The number of hydrazine groups is 1. The van der Waals surface area contributed by atoms with Gasteiger partial charge in [0.1, 0.15) is 12.6 Å². The molecule has 2 rings (SSSR count). The van der Waals surface area contributed by atoms with Crippen LogP contribution in [0.3, 0.4) is 0 Å². The molecule has 23 heavy (non-hydrogen) atoms. The van der Waals surface area contributed by atoms with Crippen LogP contribution in [0.5, 0.6) is 0 Å². The van der Waals surface area contributed by atoms with Gasteiger partial charge < -0.3 is 15.4 Å². The van der Waals surface area contributed by atoms with Crippen LogP contribution in [-0.2, 0) is 14.3 Å². The van der Waals surface area contributed by atoms with Crippen LogP contribution in [0, 0.1) is 0 Å². The van der Waals surface area contributed by atoms with E-state index in [9.17, 15) is 9.59 Å². The molecular formula is C16H24N4O3. The summed E-state index contributed by atoms with van der Waals surface area (Å²) in [6.45, 7) is 2.14. The van der Waals surface area contributed by atoms with Gasteiger partial charge in [0, 0.05) is 24.5 Å². The molecule has 2 atom stereocenters. The lowest BCUT2D eigenvalue weighted by molar-refractivity contribution is -0.119. The van der Waals surface area contributed by atoms with Gasteiger partial charge in [-0.15, -0.1) is 0 Å². The number of hydrogen-bond acceptors (Lipinski definition) is 5. The van der Waals surface area contributed by atoms with Gasteiger partial charge in [0.2, 0.25) is 11.8 Å². The fourth-order valence-corrected chi connectivity index (χ4v) is 2.53. The molecule has 1 heterocycles. The summed E-state index contributed by atoms with van der Waals surface area (Å²) in [5.74, 6) is -0.278. The van der Waals surface area contributed by atoms with Crippen LogP contribution in [0.25, 0.3) is 0 Å². The molecule has 7 nitrogen and oxygen atoms in total. The number of carbonyl (C=O) groups is 2. The fraction of sp³-hybridized carbons (Fsp3) is 0.500. The summed E-state index contributed by atoms with van der Waals surface area (Å²) in [5, 5.41) is 5.57. The summed E-state index contributed by atoms with van der Waals surface area (Å²) in [4.78, 5) is 23.6. The summed E-state index contributed by atoms with van der Waals surface area (Å²) in [6, 6.07) is 7.10. The molecule has 2 unspecified atom stereocenters. The quantitative estimate of drug-likeness (QED) is 0.607. The summed E-state index contributed by atoms with van der Waals surface area (Å²) in [5.41, 5.74) is 7.53. The lowest BCUT2D eigenvalue weighted by Gasteiger charge is -2.11. The number of benzene rings is 1.